The Morgan fingerprint density at radius 1 is 1.00 bits per heavy atom. The van der Waals surface area contributed by atoms with Crippen molar-refractivity contribution in [2.45, 2.75) is 91.4 Å². The predicted molar refractivity (Wildman–Crippen MR) is 85.3 cm³/mol. The van der Waals surface area contributed by atoms with Crippen molar-refractivity contribution in [1.29, 1.82) is 0 Å². The SMILES string of the molecule is CCCCC1CCC(CC(C)CC2CCCC2C)C1. The van der Waals surface area contributed by atoms with E-state index >= 15 is 0 Å². The van der Waals surface area contributed by atoms with Crippen LogP contribution in [0.1, 0.15) is 91.4 Å². The van der Waals surface area contributed by atoms with Crippen LogP contribution in [0.5, 0.6) is 0 Å². The summed E-state index contributed by atoms with van der Waals surface area (Å²) in [5, 5.41) is 0. The molecule has 0 amide bonds. The minimum Gasteiger partial charge on any atom is -0.0654 e. The molecule has 0 radical (unpaired) electrons. The number of hydrogen-bond donors (Lipinski definition) is 0. The van der Waals surface area contributed by atoms with Gasteiger partial charge in [0.1, 0.15) is 0 Å². The standard InChI is InChI=1S/C19H36/c1-4-5-8-17-10-11-18(14-17)12-15(2)13-19-9-6-7-16(19)3/h15-19H,4-14H2,1-3H3. The van der Waals surface area contributed by atoms with Crippen LogP contribution in [0, 0.1) is 29.6 Å². The van der Waals surface area contributed by atoms with Crippen molar-refractivity contribution < 1.29 is 0 Å². The first kappa shape index (κ1) is 15.4. The molecular formula is C19H36. The maximum absolute atomic E-state index is 2.53. The maximum atomic E-state index is 2.53. The molecule has 112 valence electrons. The molecule has 0 aromatic carbocycles. The van der Waals surface area contributed by atoms with Crippen LogP contribution < -0.4 is 0 Å². The van der Waals surface area contributed by atoms with Crippen LogP contribution in [0.15, 0.2) is 0 Å². The lowest BCUT2D eigenvalue weighted by Crippen LogP contribution is -2.12. The third-order valence-electron chi connectivity index (χ3n) is 6.10. The fourth-order valence-corrected chi connectivity index (χ4v) is 4.90. The van der Waals surface area contributed by atoms with Gasteiger partial charge in [-0.2, -0.15) is 0 Å². The van der Waals surface area contributed by atoms with Gasteiger partial charge in [0.05, 0.1) is 0 Å². The molecule has 0 aromatic rings. The van der Waals surface area contributed by atoms with E-state index in [-0.39, 0.29) is 0 Å². The number of unbranched alkanes of at least 4 members (excludes halogenated alkanes) is 1. The summed E-state index contributed by atoms with van der Waals surface area (Å²) in [4.78, 5) is 0. The summed E-state index contributed by atoms with van der Waals surface area (Å²) < 4.78 is 0. The van der Waals surface area contributed by atoms with E-state index in [0.29, 0.717) is 0 Å². The third-order valence-corrected chi connectivity index (χ3v) is 6.10. The Kier molecular flexibility index (Phi) is 6.23. The highest BCUT2D eigenvalue weighted by molar-refractivity contribution is 4.80. The highest BCUT2D eigenvalue weighted by Crippen LogP contribution is 2.41. The largest absolute Gasteiger partial charge is 0.0654 e. The van der Waals surface area contributed by atoms with Gasteiger partial charge in [-0.15, -0.1) is 0 Å². The van der Waals surface area contributed by atoms with Gasteiger partial charge in [0.25, 0.3) is 0 Å². The van der Waals surface area contributed by atoms with Gasteiger partial charge in [-0.05, 0) is 48.9 Å². The Bertz CT molecular complexity index is 244. The quantitative estimate of drug-likeness (QED) is 0.496. The molecule has 5 unspecified atom stereocenters. The van der Waals surface area contributed by atoms with Crippen molar-refractivity contribution in [2.24, 2.45) is 29.6 Å². The minimum absolute atomic E-state index is 0.987. The average molecular weight is 264 g/mol. The average Bonchev–Trinajstić information content (AvgIpc) is 2.97. The molecular weight excluding hydrogens is 228 g/mol. The lowest BCUT2D eigenvalue weighted by Gasteiger charge is -2.22. The van der Waals surface area contributed by atoms with Crippen LogP contribution in [0.4, 0.5) is 0 Å². The van der Waals surface area contributed by atoms with E-state index in [9.17, 15) is 0 Å². The van der Waals surface area contributed by atoms with Crippen molar-refractivity contribution >= 4 is 0 Å². The first-order valence-corrected chi connectivity index (χ1v) is 9.19. The fraction of sp³-hybridized carbons (Fsp3) is 1.00. The van der Waals surface area contributed by atoms with Gasteiger partial charge in [-0.3, -0.25) is 0 Å². The van der Waals surface area contributed by atoms with Gasteiger partial charge in [-0.1, -0.05) is 72.1 Å². The van der Waals surface area contributed by atoms with Gasteiger partial charge in [0.15, 0.2) is 0 Å². The van der Waals surface area contributed by atoms with Crippen molar-refractivity contribution in [2.75, 3.05) is 0 Å². The minimum atomic E-state index is 0.987. The topological polar surface area (TPSA) is 0 Å². The normalized spacial score (nSPS) is 36.8. The van der Waals surface area contributed by atoms with E-state index in [2.05, 4.69) is 20.8 Å². The molecule has 0 N–H and O–H groups in total. The van der Waals surface area contributed by atoms with Crippen LogP contribution in [0.25, 0.3) is 0 Å². The molecule has 19 heavy (non-hydrogen) atoms. The summed E-state index contributed by atoms with van der Waals surface area (Å²) in [6, 6.07) is 0. The Morgan fingerprint density at radius 3 is 2.47 bits per heavy atom. The molecule has 2 saturated carbocycles. The van der Waals surface area contributed by atoms with E-state index in [1.54, 1.807) is 12.8 Å². The summed E-state index contributed by atoms with van der Waals surface area (Å²) in [7, 11) is 0. The monoisotopic (exact) mass is 264 g/mol. The highest BCUT2D eigenvalue weighted by Gasteiger charge is 2.28. The van der Waals surface area contributed by atoms with Crippen LogP contribution in [0.3, 0.4) is 0 Å². The zero-order chi connectivity index (χ0) is 13.7. The molecule has 2 rings (SSSR count). The van der Waals surface area contributed by atoms with Crippen LogP contribution in [-0.2, 0) is 0 Å². The third kappa shape index (κ3) is 4.80. The summed E-state index contributed by atoms with van der Waals surface area (Å²) >= 11 is 0. The van der Waals surface area contributed by atoms with Crippen molar-refractivity contribution in [3.05, 3.63) is 0 Å². The fourth-order valence-electron chi connectivity index (χ4n) is 4.90. The first-order chi connectivity index (χ1) is 9.19. The van der Waals surface area contributed by atoms with Crippen molar-refractivity contribution in [1.82, 2.24) is 0 Å². The molecule has 2 aliphatic carbocycles. The summed E-state index contributed by atoms with van der Waals surface area (Å²) in [6.45, 7) is 7.35. The van der Waals surface area contributed by atoms with E-state index in [1.165, 1.54) is 57.8 Å². The Balaban J connectivity index is 1.64. The lowest BCUT2D eigenvalue weighted by molar-refractivity contribution is 0.285. The second-order valence-corrected chi connectivity index (χ2v) is 7.93. The van der Waals surface area contributed by atoms with Gasteiger partial charge in [0.2, 0.25) is 0 Å². The zero-order valence-electron chi connectivity index (χ0n) is 13.7. The van der Waals surface area contributed by atoms with Crippen molar-refractivity contribution in [3.63, 3.8) is 0 Å². The molecule has 2 fully saturated rings. The molecule has 0 bridgehead atoms. The summed E-state index contributed by atoms with van der Waals surface area (Å²) in [5.74, 6) is 5.23. The van der Waals surface area contributed by atoms with E-state index < -0.39 is 0 Å². The molecule has 0 aliphatic heterocycles. The van der Waals surface area contributed by atoms with Crippen LogP contribution in [-0.4, -0.2) is 0 Å². The van der Waals surface area contributed by atoms with Gasteiger partial charge >= 0.3 is 0 Å². The van der Waals surface area contributed by atoms with Gasteiger partial charge < -0.3 is 0 Å². The number of hydrogen-bond acceptors (Lipinski definition) is 0. The van der Waals surface area contributed by atoms with Gasteiger partial charge in [0, 0.05) is 0 Å². The molecule has 0 aromatic heterocycles. The molecule has 0 heteroatoms. The summed E-state index contributed by atoms with van der Waals surface area (Å²) in [5.41, 5.74) is 0. The Hall–Kier alpha value is 0. The molecule has 0 nitrogen and oxygen atoms in total. The van der Waals surface area contributed by atoms with Crippen LogP contribution >= 0.6 is 0 Å². The Labute approximate surface area is 121 Å². The number of rotatable bonds is 7. The second-order valence-electron chi connectivity index (χ2n) is 7.93. The molecule has 0 spiro atoms. The van der Waals surface area contributed by atoms with E-state index in [1.807, 2.05) is 0 Å². The lowest BCUT2D eigenvalue weighted by atomic mass is 9.83. The van der Waals surface area contributed by atoms with Gasteiger partial charge in [-0.25, -0.2) is 0 Å². The Morgan fingerprint density at radius 2 is 1.79 bits per heavy atom. The highest BCUT2D eigenvalue weighted by atomic mass is 14.3. The zero-order valence-corrected chi connectivity index (χ0v) is 13.7. The predicted octanol–water partition coefficient (Wildman–Crippen LogP) is 6.45. The maximum Gasteiger partial charge on any atom is -0.0386 e. The molecule has 0 saturated heterocycles. The van der Waals surface area contributed by atoms with E-state index in [0.717, 1.165) is 29.6 Å². The van der Waals surface area contributed by atoms with Crippen LogP contribution in [0.2, 0.25) is 0 Å². The smallest absolute Gasteiger partial charge is 0.0386 e. The summed E-state index contributed by atoms with van der Waals surface area (Å²) in [6.07, 6.45) is 16.6. The molecule has 2 aliphatic rings. The molecule has 0 heterocycles. The van der Waals surface area contributed by atoms with Crippen molar-refractivity contribution in [3.8, 4) is 0 Å². The second kappa shape index (κ2) is 7.70. The molecule has 5 atom stereocenters. The first-order valence-electron chi connectivity index (χ1n) is 9.19. The van der Waals surface area contributed by atoms with E-state index in [4.69, 9.17) is 0 Å².